The average Bonchev–Trinajstić information content (AvgIpc) is 1.45. The lowest BCUT2D eigenvalue weighted by atomic mass is 9.35. The summed E-state index contributed by atoms with van der Waals surface area (Å²) in [5.41, 5.74) is 52.5. The van der Waals surface area contributed by atoms with Crippen LogP contribution in [0, 0.1) is 19.8 Å². The molecular weight excluding hydrogens is 1840 g/mol. The number of fused-ring (bicyclic) bond motifs is 25. The van der Waals surface area contributed by atoms with Gasteiger partial charge in [0, 0.05) is 82.6 Å². The highest BCUT2D eigenvalue weighted by atomic mass is 32.1. The molecule has 9 heteroatoms. The number of hydrogen-bond donors (Lipinski definition) is 0. The summed E-state index contributed by atoms with van der Waals surface area (Å²) in [5, 5.41) is 4.99. The van der Waals surface area contributed by atoms with E-state index in [0.717, 1.165) is 99.5 Å². The summed E-state index contributed by atoms with van der Waals surface area (Å²) >= 11 is 1.96. The fourth-order valence-corrected chi connectivity index (χ4v) is 33.1. The van der Waals surface area contributed by atoms with Crippen LogP contribution in [-0.4, -0.2) is 13.4 Å². The van der Waals surface area contributed by atoms with E-state index in [4.69, 9.17) is 8.83 Å². The molecule has 11 aliphatic rings. The van der Waals surface area contributed by atoms with Crippen molar-refractivity contribution in [1.82, 2.24) is 0 Å². The van der Waals surface area contributed by atoms with Crippen LogP contribution in [0.2, 0.25) is 0 Å². The molecule has 7 heterocycles. The van der Waals surface area contributed by atoms with Crippen LogP contribution in [0.15, 0.2) is 251 Å². The summed E-state index contributed by atoms with van der Waals surface area (Å²) in [6.07, 6.45) is 13.2. The first kappa shape index (κ1) is 94.9. The van der Waals surface area contributed by atoms with Gasteiger partial charge in [0.05, 0.1) is 44.5 Å². The largest absolute Gasteiger partial charge is 0.468 e. The number of rotatable bonds is 8. The summed E-state index contributed by atoms with van der Waals surface area (Å²) in [4.78, 5) is 11.0. The zero-order valence-corrected chi connectivity index (χ0v) is 94.6. The zero-order chi connectivity index (χ0) is 104. The molecule has 0 radical (unpaired) electrons. The molecule has 754 valence electrons. The average molecular weight is 1980 g/mol. The molecule has 2 unspecified atom stereocenters. The van der Waals surface area contributed by atoms with Gasteiger partial charge in [0.15, 0.2) is 0 Å². The van der Waals surface area contributed by atoms with Gasteiger partial charge in [-0.05, 0) is 404 Å². The van der Waals surface area contributed by atoms with Crippen LogP contribution in [0.3, 0.4) is 0 Å². The summed E-state index contributed by atoms with van der Waals surface area (Å²) in [5.74, 6) is 0.273. The molecule has 7 aliphatic carbocycles. The standard InChI is InChI=1S/C141H146B2N4O2S/c1-80-62-114-121-116(64-80)146(111-74-104-100(131(7,8)54-57-134(104,13)14)68-90(111)82-38-30-28-31-39-82)113-72-92-87-42-34-36-44-95(87)140(25,26)98(92)73-110(113)143(121)128-124(144(114)85-46-49-96-99(66-85)130(5,6)53-52-129(96,3)4)94-71-103-108(77-119(94)149-128)141(27,61-60-137(103,19)20)79-84-78-138(21,22)97-50-47-86(67-107(97)139(84,23)24)145-115-63-81(2)65-117-122(115)142(127-123(145)93-70-102-106(76-118(93)148-127)136(17,18)59-56-133(102,11)12)109-51-48-89-88-43-35-37-45-120(88)150-126(89)125(109)147(117)112-75-105-101(132(9,10)55-58-135(105,15)16)69-91(112)83-40-32-29-33-41-83/h28-51,62-77,84H,52-61,78-79H2,1-27H3. The molecular formula is C141H146B2N4O2S. The maximum absolute atomic E-state index is 8.47. The fourth-order valence-electron chi connectivity index (χ4n) is 31.8. The van der Waals surface area contributed by atoms with Crippen LogP contribution >= 0.6 is 11.3 Å². The van der Waals surface area contributed by atoms with Gasteiger partial charge in [0.25, 0.3) is 13.4 Å². The van der Waals surface area contributed by atoms with E-state index in [-0.39, 0.29) is 89.7 Å². The third-order valence-electron chi connectivity index (χ3n) is 41.5. The molecule has 0 amide bonds. The molecule has 6 nitrogen and oxygen atoms in total. The summed E-state index contributed by atoms with van der Waals surface area (Å²) in [6, 6.07) is 98.5. The maximum Gasteiger partial charge on any atom is 0.297 e. The lowest BCUT2D eigenvalue weighted by Gasteiger charge is -2.52. The van der Waals surface area contributed by atoms with Crippen LogP contribution in [0.25, 0.3) is 75.5 Å². The molecule has 0 bridgehead atoms. The zero-order valence-electron chi connectivity index (χ0n) is 93.8. The van der Waals surface area contributed by atoms with Gasteiger partial charge in [-0.15, -0.1) is 11.3 Å². The Hall–Kier alpha value is -12.3. The number of furan rings is 2. The van der Waals surface area contributed by atoms with E-state index >= 15 is 0 Å². The van der Waals surface area contributed by atoms with E-state index in [1.807, 2.05) is 11.3 Å². The SMILES string of the molecule is Cc1cc2c3c(c1)N(c1ccc4c(c1)C(C)(C)CCC4(C)C)c1c(oc4cc5c(cc14)C(C)(C)CCC5(C)CC1CC(C)(C)c4ccc(N5c6cc(C)cc7c6B(c6ccc8c(sc9ccccc98)c6N7c6cc7c(cc6-c6ccccc6)C(C)(C)CCC7(C)C)c6oc7cc8c(cc7c65)C(C)(C)CCC8(C)C)cc4C1(C)C)B3c1cc3c(cc1N2c1cc2c(cc1-c1ccccc1)C(C)(C)CCC2(C)C)-c1ccccc1C3(C)C. The van der Waals surface area contributed by atoms with Gasteiger partial charge in [-0.25, -0.2) is 0 Å². The highest BCUT2D eigenvalue weighted by molar-refractivity contribution is 7.26. The fraction of sp³-hybridized carbons (Fsp3) is 0.376. The third kappa shape index (κ3) is 13.2. The van der Waals surface area contributed by atoms with Crippen molar-refractivity contribution in [2.24, 2.45) is 5.92 Å². The number of benzene rings is 14. The first-order valence-corrected chi connectivity index (χ1v) is 57.5. The van der Waals surface area contributed by atoms with Gasteiger partial charge in [-0.1, -0.05) is 307 Å². The number of thiophene rings is 1. The second kappa shape index (κ2) is 30.8. The Balaban J connectivity index is 0.638. The minimum Gasteiger partial charge on any atom is -0.468 e. The predicted molar refractivity (Wildman–Crippen MR) is 641 cm³/mol. The highest BCUT2D eigenvalue weighted by Gasteiger charge is 2.57. The molecule has 17 aromatic rings. The maximum atomic E-state index is 8.47. The molecule has 0 saturated heterocycles. The van der Waals surface area contributed by atoms with E-state index in [2.05, 4.69) is 449 Å². The summed E-state index contributed by atoms with van der Waals surface area (Å²) in [7, 11) is 0. The second-order valence-corrected chi connectivity index (χ2v) is 57.5. The number of aryl methyl sites for hydroxylation is 2. The van der Waals surface area contributed by atoms with E-state index in [9.17, 15) is 0 Å². The predicted octanol–water partition coefficient (Wildman–Crippen LogP) is 35.4. The quantitative estimate of drug-likeness (QED) is 0.141. The monoisotopic (exact) mass is 1980 g/mol. The minimum absolute atomic E-state index is 0.0172. The van der Waals surface area contributed by atoms with Gasteiger partial charge >= 0.3 is 0 Å². The van der Waals surface area contributed by atoms with Crippen LogP contribution in [0.5, 0.6) is 0 Å². The Bertz CT molecular complexity index is 8810. The van der Waals surface area contributed by atoms with Gasteiger partial charge in [-0.3, -0.25) is 0 Å². The topological polar surface area (TPSA) is 39.2 Å². The van der Waals surface area contributed by atoms with E-state index in [1.54, 1.807) is 0 Å². The number of hydrogen-bond acceptors (Lipinski definition) is 7. The molecule has 0 saturated carbocycles. The van der Waals surface area contributed by atoms with Crippen molar-refractivity contribution < 1.29 is 8.83 Å². The van der Waals surface area contributed by atoms with E-state index < -0.39 is 0 Å². The molecule has 150 heavy (non-hydrogen) atoms. The van der Waals surface area contributed by atoms with Crippen molar-refractivity contribution in [3.63, 3.8) is 0 Å². The van der Waals surface area contributed by atoms with Crippen molar-refractivity contribution in [2.45, 2.75) is 334 Å². The number of nitrogens with zero attached hydrogens (tertiary/aromatic N) is 4. The molecule has 4 aliphatic heterocycles. The molecule has 0 fully saturated rings. The van der Waals surface area contributed by atoms with Crippen LogP contribution in [0.1, 0.15) is 339 Å². The second-order valence-electron chi connectivity index (χ2n) is 56.4. The lowest BCUT2D eigenvalue weighted by molar-refractivity contribution is 0.152. The van der Waals surface area contributed by atoms with Crippen LogP contribution < -0.4 is 52.8 Å². The molecule has 28 rings (SSSR count). The van der Waals surface area contributed by atoms with Crippen molar-refractivity contribution in [3.05, 3.63) is 332 Å². The van der Waals surface area contributed by atoms with Crippen LogP contribution in [0.4, 0.5) is 68.2 Å². The Kier molecular flexibility index (Phi) is 19.5. The van der Waals surface area contributed by atoms with Crippen molar-refractivity contribution in [3.8, 4) is 33.4 Å². The molecule has 0 spiro atoms. The smallest absolute Gasteiger partial charge is 0.297 e. The van der Waals surface area contributed by atoms with Gasteiger partial charge in [0.2, 0.25) is 0 Å². The summed E-state index contributed by atoms with van der Waals surface area (Å²) in [6.45, 7) is 67.4. The van der Waals surface area contributed by atoms with Gasteiger partial charge in [-0.2, -0.15) is 0 Å². The van der Waals surface area contributed by atoms with Crippen LogP contribution in [-0.2, 0) is 70.4 Å². The van der Waals surface area contributed by atoms with E-state index in [0.29, 0.717) is 0 Å². The summed E-state index contributed by atoms with van der Waals surface area (Å²) < 4.78 is 19.2. The Morgan fingerprint density at radius 3 is 1.23 bits per heavy atom. The van der Waals surface area contributed by atoms with Crippen molar-refractivity contribution >= 4 is 168 Å². The Morgan fingerprint density at radius 1 is 0.280 bits per heavy atom. The van der Waals surface area contributed by atoms with Crippen molar-refractivity contribution in [1.29, 1.82) is 0 Å². The molecule has 0 N–H and O–H groups in total. The van der Waals surface area contributed by atoms with Crippen molar-refractivity contribution in [2.75, 3.05) is 19.6 Å². The normalized spacial score (nSPS) is 21.6. The molecule has 3 aromatic heterocycles. The number of anilines is 12. The first-order chi connectivity index (χ1) is 70.9. The third-order valence-corrected chi connectivity index (χ3v) is 42.7. The highest BCUT2D eigenvalue weighted by Crippen LogP contribution is 2.65. The Morgan fingerprint density at radius 2 is 0.693 bits per heavy atom. The lowest BCUT2D eigenvalue weighted by Crippen LogP contribution is -2.61. The minimum atomic E-state index is -0.300. The van der Waals surface area contributed by atoms with Gasteiger partial charge in [0.1, 0.15) is 11.2 Å². The van der Waals surface area contributed by atoms with Gasteiger partial charge < -0.3 is 28.4 Å². The Labute approximate surface area is 895 Å². The first-order valence-electron chi connectivity index (χ1n) is 56.7. The van der Waals surface area contributed by atoms with E-state index in [1.165, 1.54) is 243 Å². The molecule has 14 aromatic carbocycles. The molecule has 2 atom stereocenters.